The van der Waals surface area contributed by atoms with Gasteiger partial charge in [-0.15, -0.1) is 0 Å². The molecule has 0 radical (unpaired) electrons. The van der Waals surface area contributed by atoms with E-state index in [2.05, 4.69) is 26.1 Å². The maximum atomic E-state index is 5.93. The fraction of sp³-hybridized carbons (Fsp3) is 0.667. The quantitative estimate of drug-likeness (QED) is 0.665. The lowest BCUT2D eigenvalue weighted by Gasteiger charge is -2.20. The van der Waals surface area contributed by atoms with E-state index in [0.29, 0.717) is 12.5 Å². The van der Waals surface area contributed by atoms with Gasteiger partial charge in [0.05, 0.1) is 13.2 Å². The maximum absolute atomic E-state index is 5.93. The Morgan fingerprint density at radius 2 is 1.71 bits per heavy atom. The Hall–Kier alpha value is -1.22. The molecular formula is C18H31NO2. The van der Waals surface area contributed by atoms with Gasteiger partial charge >= 0.3 is 0 Å². The summed E-state index contributed by atoms with van der Waals surface area (Å²) in [4.78, 5) is 0. The normalized spacial score (nSPS) is 12.4. The Labute approximate surface area is 130 Å². The lowest BCUT2D eigenvalue weighted by Crippen LogP contribution is -2.25. The summed E-state index contributed by atoms with van der Waals surface area (Å²) >= 11 is 0. The standard InChI is InChI=1S/C18H31NO2/c1-5-19-14-16(13-15(3)4)11-12-21-18-10-8-7-9-17(18)20-6-2/h7-10,15-16,19H,5-6,11-14H2,1-4H3. The van der Waals surface area contributed by atoms with E-state index in [9.17, 15) is 0 Å². The van der Waals surface area contributed by atoms with Crippen molar-refractivity contribution in [2.45, 2.75) is 40.5 Å². The van der Waals surface area contributed by atoms with Crippen LogP contribution in [-0.4, -0.2) is 26.3 Å². The van der Waals surface area contributed by atoms with Gasteiger partial charge in [-0.1, -0.05) is 32.9 Å². The molecule has 0 aliphatic rings. The van der Waals surface area contributed by atoms with E-state index < -0.39 is 0 Å². The van der Waals surface area contributed by atoms with E-state index in [4.69, 9.17) is 9.47 Å². The average Bonchev–Trinajstić information content (AvgIpc) is 2.46. The zero-order chi connectivity index (χ0) is 15.5. The van der Waals surface area contributed by atoms with Gasteiger partial charge in [0, 0.05) is 0 Å². The van der Waals surface area contributed by atoms with E-state index in [1.165, 1.54) is 6.42 Å². The number of rotatable bonds is 11. The summed E-state index contributed by atoms with van der Waals surface area (Å²) < 4.78 is 11.5. The predicted molar refractivity (Wildman–Crippen MR) is 89.2 cm³/mol. The minimum absolute atomic E-state index is 0.663. The predicted octanol–water partition coefficient (Wildman–Crippen LogP) is 4.13. The summed E-state index contributed by atoms with van der Waals surface area (Å²) in [6.07, 6.45) is 2.31. The van der Waals surface area contributed by atoms with Gasteiger partial charge in [0.25, 0.3) is 0 Å². The first-order valence-electron chi connectivity index (χ1n) is 8.22. The largest absolute Gasteiger partial charge is 0.490 e. The summed E-state index contributed by atoms with van der Waals surface area (Å²) in [5.41, 5.74) is 0. The number of nitrogens with one attached hydrogen (secondary N) is 1. The van der Waals surface area contributed by atoms with Gasteiger partial charge in [-0.2, -0.15) is 0 Å². The van der Waals surface area contributed by atoms with Gasteiger partial charge < -0.3 is 14.8 Å². The molecule has 3 nitrogen and oxygen atoms in total. The zero-order valence-corrected chi connectivity index (χ0v) is 14.0. The van der Waals surface area contributed by atoms with E-state index in [0.717, 1.165) is 43.5 Å². The molecule has 1 aromatic rings. The highest BCUT2D eigenvalue weighted by atomic mass is 16.5. The third kappa shape index (κ3) is 7.37. The van der Waals surface area contributed by atoms with Crippen molar-refractivity contribution in [3.05, 3.63) is 24.3 Å². The maximum Gasteiger partial charge on any atom is 0.161 e. The van der Waals surface area contributed by atoms with Crippen LogP contribution in [0.25, 0.3) is 0 Å². The molecule has 120 valence electrons. The van der Waals surface area contributed by atoms with Gasteiger partial charge in [-0.25, -0.2) is 0 Å². The molecule has 1 N–H and O–H groups in total. The molecule has 0 saturated carbocycles. The van der Waals surface area contributed by atoms with Gasteiger partial charge in [-0.3, -0.25) is 0 Å². The van der Waals surface area contributed by atoms with Crippen molar-refractivity contribution in [3.8, 4) is 11.5 Å². The van der Waals surface area contributed by atoms with Crippen molar-refractivity contribution in [2.24, 2.45) is 11.8 Å². The number of benzene rings is 1. The molecule has 1 rings (SSSR count). The third-order valence-electron chi connectivity index (χ3n) is 3.42. The lowest BCUT2D eigenvalue weighted by molar-refractivity contribution is 0.241. The molecular weight excluding hydrogens is 262 g/mol. The summed E-state index contributed by atoms with van der Waals surface area (Å²) in [5, 5.41) is 3.45. The van der Waals surface area contributed by atoms with Crippen molar-refractivity contribution in [3.63, 3.8) is 0 Å². The molecule has 0 aliphatic carbocycles. The van der Waals surface area contributed by atoms with Crippen molar-refractivity contribution < 1.29 is 9.47 Å². The van der Waals surface area contributed by atoms with Crippen LogP contribution in [0.2, 0.25) is 0 Å². The number of para-hydroxylation sites is 2. The Kier molecular flexibility index (Phi) is 8.91. The van der Waals surface area contributed by atoms with Crippen molar-refractivity contribution >= 4 is 0 Å². The van der Waals surface area contributed by atoms with Crippen LogP contribution in [0.4, 0.5) is 0 Å². The highest BCUT2D eigenvalue weighted by Gasteiger charge is 2.11. The summed E-state index contributed by atoms with van der Waals surface area (Å²) in [6, 6.07) is 7.91. The van der Waals surface area contributed by atoms with Crippen LogP contribution in [0.3, 0.4) is 0 Å². The molecule has 0 aromatic heterocycles. The van der Waals surface area contributed by atoms with Crippen molar-refractivity contribution in [1.29, 1.82) is 0 Å². The topological polar surface area (TPSA) is 30.5 Å². The smallest absolute Gasteiger partial charge is 0.161 e. The first-order valence-corrected chi connectivity index (χ1v) is 8.22. The van der Waals surface area contributed by atoms with E-state index >= 15 is 0 Å². The van der Waals surface area contributed by atoms with E-state index in [1.807, 2.05) is 31.2 Å². The molecule has 0 fully saturated rings. The molecule has 0 saturated heterocycles. The molecule has 0 heterocycles. The van der Waals surface area contributed by atoms with E-state index in [-0.39, 0.29) is 0 Å². The van der Waals surface area contributed by atoms with Gasteiger partial charge in [0.1, 0.15) is 0 Å². The van der Waals surface area contributed by atoms with Crippen molar-refractivity contribution in [2.75, 3.05) is 26.3 Å². The van der Waals surface area contributed by atoms with Gasteiger partial charge in [0.2, 0.25) is 0 Å². The van der Waals surface area contributed by atoms with Gasteiger partial charge in [-0.05, 0) is 56.8 Å². The van der Waals surface area contributed by atoms with Crippen LogP contribution in [0, 0.1) is 11.8 Å². The second kappa shape index (κ2) is 10.5. The molecule has 21 heavy (non-hydrogen) atoms. The van der Waals surface area contributed by atoms with Crippen LogP contribution < -0.4 is 14.8 Å². The van der Waals surface area contributed by atoms with Crippen LogP contribution in [0.15, 0.2) is 24.3 Å². The number of hydrogen-bond acceptors (Lipinski definition) is 3. The molecule has 0 bridgehead atoms. The monoisotopic (exact) mass is 293 g/mol. The Bertz CT molecular complexity index is 379. The summed E-state index contributed by atoms with van der Waals surface area (Å²) in [6.45, 7) is 12.2. The average molecular weight is 293 g/mol. The zero-order valence-electron chi connectivity index (χ0n) is 14.0. The lowest BCUT2D eigenvalue weighted by atomic mass is 9.94. The minimum atomic E-state index is 0.663. The Morgan fingerprint density at radius 3 is 2.29 bits per heavy atom. The second-order valence-corrected chi connectivity index (χ2v) is 5.82. The first kappa shape index (κ1) is 17.8. The SMILES string of the molecule is CCNCC(CCOc1ccccc1OCC)CC(C)C. The van der Waals surface area contributed by atoms with Crippen LogP contribution >= 0.6 is 0 Å². The summed E-state index contributed by atoms with van der Waals surface area (Å²) in [5.74, 6) is 3.09. The molecule has 1 unspecified atom stereocenters. The van der Waals surface area contributed by atoms with Crippen LogP contribution in [-0.2, 0) is 0 Å². The highest BCUT2D eigenvalue weighted by molar-refractivity contribution is 5.39. The molecule has 0 aliphatic heterocycles. The number of hydrogen-bond donors (Lipinski definition) is 1. The van der Waals surface area contributed by atoms with Crippen molar-refractivity contribution in [1.82, 2.24) is 5.32 Å². The molecule has 0 amide bonds. The van der Waals surface area contributed by atoms with Crippen LogP contribution in [0.1, 0.15) is 40.5 Å². The Morgan fingerprint density at radius 1 is 1.05 bits per heavy atom. The van der Waals surface area contributed by atoms with Crippen LogP contribution in [0.5, 0.6) is 11.5 Å². The fourth-order valence-electron chi connectivity index (χ4n) is 2.50. The van der Waals surface area contributed by atoms with Gasteiger partial charge in [0.15, 0.2) is 11.5 Å². The minimum Gasteiger partial charge on any atom is -0.490 e. The first-order chi connectivity index (χ1) is 10.2. The summed E-state index contributed by atoms with van der Waals surface area (Å²) in [7, 11) is 0. The molecule has 3 heteroatoms. The fourth-order valence-corrected chi connectivity index (χ4v) is 2.50. The van der Waals surface area contributed by atoms with E-state index in [1.54, 1.807) is 0 Å². The second-order valence-electron chi connectivity index (χ2n) is 5.82. The Balaban J connectivity index is 2.45. The molecule has 1 atom stereocenters. The highest BCUT2D eigenvalue weighted by Crippen LogP contribution is 2.27. The molecule has 0 spiro atoms. The third-order valence-corrected chi connectivity index (χ3v) is 3.42. The number of ether oxygens (including phenoxy) is 2. The molecule has 1 aromatic carbocycles.